The van der Waals surface area contributed by atoms with Crippen LogP contribution in [0.15, 0.2) is 109 Å². The molecule has 3 atom stereocenters. The van der Waals surface area contributed by atoms with Crippen molar-refractivity contribution < 1.29 is 32.9 Å². The van der Waals surface area contributed by atoms with Gasteiger partial charge in [-0.3, -0.25) is 13.8 Å². The molecule has 0 spiro atoms. The molecule has 0 bridgehead atoms. The molecule has 9 heteroatoms. The van der Waals surface area contributed by atoms with Crippen LogP contribution >= 0.6 is 7.82 Å². The number of nitrogens with zero attached hydrogens (tertiary/aromatic N) is 1. The molecule has 0 aliphatic rings. The Kier molecular flexibility index (Phi) is 60.5. The van der Waals surface area contributed by atoms with Gasteiger partial charge in [0.25, 0.3) is 0 Å². The number of allylic oxidation sites excluding steroid dienone is 18. The number of carbonyl (C=O) groups is 1. The number of phosphoric acid groups is 1. The number of likely N-dealkylation sites (N-methyl/N-ethyl adjacent to an activating group) is 1. The predicted molar refractivity (Wildman–Crippen MR) is 359 cm³/mol. The molecule has 0 rings (SSSR count). The van der Waals surface area contributed by atoms with Crippen LogP contribution in [-0.4, -0.2) is 73.4 Å². The van der Waals surface area contributed by atoms with Crippen molar-refractivity contribution in [1.29, 1.82) is 0 Å². The highest BCUT2D eigenvalue weighted by molar-refractivity contribution is 7.47. The molecule has 3 unspecified atom stereocenters. The molecule has 82 heavy (non-hydrogen) atoms. The van der Waals surface area contributed by atoms with E-state index in [0.29, 0.717) is 23.9 Å². The molecule has 0 saturated carbocycles. The number of hydrogen-bond donors (Lipinski definition) is 3. The largest absolute Gasteiger partial charge is 0.472 e. The third-order valence-corrected chi connectivity index (χ3v) is 16.0. The molecule has 3 N–H and O–H groups in total. The highest BCUT2D eigenvalue weighted by Crippen LogP contribution is 2.43. The SMILES string of the molecule is CC/C=C\C/C=C\C/C=C\C/C=C\C/C=C\C/C=C\C/C=C\C/C=C\C/C=C\CCCCCCCCCCCC(=O)NC(COP(=O)(O)OCC[N+](C)(C)C)C(O)CCCCCCCCCCCCCCCCCCCCCCCCC. The minimum absolute atomic E-state index is 0.0692. The molecule has 0 saturated heterocycles. The normalized spacial score (nSPS) is 14.4. The first-order chi connectivity index (χ1) is 40.0. The topological polar surface area (TPSA) is 105 Å². The number of rotatable bonds is 62. The van der Waals surface area contributed by atoms with E-state index < -0.39 is 20.0 Å². The summed E-state index contributed by atoms with van der Waals surface area (Å²) in [4.78, 5) is 23.4. The van der Waals surface area contributed by atoms with Crippen molar-refractivity contribution in [2.45, 2.75) is 309 Å². The highest BCUT2D eigenvalue weighted by Gasteiger charge is 2.28. The van der Waals surface area contributed by atoms with E-state index in [0.717, 1.165) is 103 Å². The highest BCUT2D eigenvalue weighted by atomic mass is 31.2. The number of quaternary nitrogens is 1. The fourth-order valence-electron chi connectivity index (χ4n) is 9.75. The zero-order valence-electron chi connectivity index (χ0n) is 54.2. The van der Waals surface area contributed by atoms with Gasteiger partial charge in [-0.25, -0.2) is 4.57 Å². The van der Waals surface area contributed by atoms with Gasteiger partial charge in [0.2, 0.25) is 5.91 Å². The van der Waals surface area contributed by atoms with Gasteiger partial charge >= 0.3 is 7.82 Å². The van der Waals surface area contributed by atoms with Gasteiger partial charge in [0.15, 0.2) is 0 Å². The fourth-order valence-corrected chi connectivity index (χ4v) is 10.5. The first-order valence-electron chi connectivity index (χ1n) is 34.3. The summed E-state index contributed by atoms with van der Waals surface area (Å²) in [5, 5.41) is 14.1. The molecule has 0 aliphatic heterocycles. The first-order valence-corrected chi connectivity index (χ1v) is 35.7. The number of unbranched alkanes of at least 4 members (excludes halogenated alkanes) is 31. The molecular weight excluding hydrogens is 1030 g/mol. The van der Waals surface area contributed by atoms with Crippen LogP contribution < -0.4 is 5.32 Å². The van der Waals surface area contributed by atoms with E-state index >= 15 is 0 Å². The Morgan fingerprint density at radius 1 is 0.427 bits per heavy atom. The van der Waals surface area contributed by atoms with Crippen molar-refractivity contribution in [2.75, 3.05) is 40.9 Å². The maximum Gasteiger partial charge on any atom is 0.472 e. The molecular formula is C73H132N2O6P+. The lowest BCUT2D eigenvalue weighted by Gasteiger charge is -2.26. The summed E-state index contributed by atoms with van der Waals surface area (Å²) in [6, 6.07) is -0.773. The third-order valence-electron chi connectivity index (χ3n) is 15.0. The fraction of sp³-hybridized carbons (Fsp3) is 0.740. The van der Waals surface area contributed by atoms with Crippen molar-refractivity contribution in [2.24, 2.45) is 0 Å². The Morgan fingerprint density at radius 2 is 0.732 bits per heavy atom. The number of phosphoric ester groups is 1. The summed E-state index contributed by atoms with van der Waals surface area (Å²) in [6.45, 7) is 4.79. The molecule has 0 aromatic heterocycles. The molecule has 0 fully saturated rings. The van der Waals surface area contributed by atoms with E-state index in [2.05, 4.69) is 129 Å². The zero-order chi connectivity index (χ0) is 59.8. The second kappa shape index (κ2) is 62.7. The van der Waals surface area contributed by atoms with Gasteiger partial charge in [-0.15, -0.1) is 0 Å². The van der Waals surface area contributed by atoms with E-state index in [1.54, 1.807) is 0 Å². The van der Waals surface area contributed by atoms with Gasteiger partial charge in [0, 0.05) is 6.42 Å². The quantitative estimate of drug-likeness (QED) is 0.0243. The van der Waals surface area contributed by atoms with Crippen LogP contribution in [-0.2, 0) is 18.4 Å². The van der Waals surface area contributed by atoms with Crippen molar-refractivity contribution in [3.8, 4) is 0 Å². The summed E-state index contributed by atoms with van der Waals surface area (Å²) in [6.07, 6.45) is 91.7. The second-order valence-electron chi connectivity index (χ2n) is 24.2. The summed E-state index contributed by atoms with van der Waals surface area (Å²) < 4.78 is 23.9. The molecule has 0 heterocycles. The van der Waals surface area contributed by atoms with Crippen LogP contribution in [0, 0.1) is 0 Å². The van der Waals surface area contributed by atoms with Crippen LogP contribution in [0.1, 0.15) is 296 Å². The minimum atomic E-state index is -4.34. The third kappa shape index (κ3) is 64.7. The number of aliphatic hydroxyl groups excluding tert-OH is 1. The van der Waals surface area contributed by atoms with Gasteiger partial charge in [0.1, 0.15) is 13.2 Å². The van der Waals surface area contributed by atoms with Crippen LogP contribution in [0.25, 0.3) is 0 Å². The smallest absolute Gasteiger partial charge is 0.391 e. The van der Waals surface area contributed by atoms with Crippen molar-refractivity contribution in [3.05, 3.63) is 109 Å². The number of amides is 1. The number of hydrogen-bond acceptors (Lipinski definition) is 5. The van der Waals surface area contributed by atoms with Crippen LogP contribution in [0.4, 0.5) is 0 Å². The standard InChI is InChI=1S/C73H131N2O6P/c1-6-8-10-12-14-16-18-20-22-24-26-28-30-31-32-33-34-35-36-37-38-39-40-41-42-43-45-47-49-51-53-55-57-59-61-63-65-67-73(77)74-71(70-81-82(78,79)80-69-68-75(3,4)5)72(76)66-64-62-60-58-56-54-52-50-48-46-44-29-27-25-23-21-19-17-15-13-11-9-7-2/h8,10,14,16,20,22,26,28,31-32,34-35,37-38,40-41,43,45,71-72,76H,6-7,9,11-13,15,17-19,21,23-25,27,29-30,33,36,39,42,44,46-70H2,1-5H3,(H-,74,77,78,79)/p+1/b10-8-,16-14-,22-20-,28-26-,32-31-,35-34-,38-37-,41-40-,45-43-. The Balaban J connectivity index is 4.11. The van der Waals surface area contributed by atoms with Crippen molar-refractivity contribution in [1.82, 2.24) is 5.32 Å². The Hall–Kier alpha value is -2.84. The zero-order valence-corrected chi connectivity index (χ0v) is 55.1. The summed E-state index contributed by atoms with van der Waals surface area (Å²) in [5.74, 6) is -0.152. The maximum atomic E-state index is 13.1. The first kappa shape index (κ1) is 79.2. The molecule has 1 amide bonds. The van der Waals surface area contributed by atoms with Crippen molar-refractivity contribution in [3.63, 3.8) is 0 Å². The number of nitrogens with one attached hydrogen (secondary N) is 1. The van der Waals surface area contributed by atoms with Crippen molar-refractivity contribution >= 4 is 13.7 Å². The average Bonchev–Trinajstić information content (AvgIpc) is 3.47. The average molecular weight is 1160 g/mol. The van der Waals surface area contributed by atoms with Gasteiger partial charge in [-0.2, -0.15) is 0 Å². The minimum Gasteiger partial charge on any atom is -0.391 e. The van der Waals surface area contributed by atoms with Crippen LogP contribution in [0.3, 0.4) is 0 Å². The van der Waals surface area contributed by atoms with Gasteiger partial charge in [-0.05, 0) is 83.5 Å². The van der Waals surface area contributed by atoms with E-state index in [4.69, 9.17) is 9.05 Å². The molecule has 0 radical (unpaired) electrons. The lowest BCUT2D eigenvalue weighted by Crippen LogP contribution is -2.46. The maximum absolute atomic E-state index is 13.1. The molecule has 0 aromatic carbocycles. The monoisotopic (exact) mass is 1160 g/mol. The van der Waals surface area contributed by atoms with E-state index in [1.165, 1.54) is 167 Å². The van der Waals surface area contributed by atoms with Gasteiger partial charge in [-0.1, -0.05) is 316 Å². The Labute approximate surface area is 508 Å². The number of aliphatic hydroxyl groups is 1. The Morgan fingerprint density at radius 3 is 1.07 bits per heavy atom. The second-order valence-corrected chi connectivity index (χ2v) is 25.6. The summed E-state index contributed by atoms with van der Waals surface area (Å²) >= 11 is 0. The van der Waals surface area contributed by atoms with Crippen LogP contribution in [0.5, 0.6) is 0 Å². The van der Waals surface area contributed by atoms with Crippen LogP contribution in [0.2, 0.25) is 0 Å². The molecule has 474 valence electrons. The summed E-state index contributed by atoms with van der Waals surface area (Å²) in [7, 11) is 1.61. The molecule has 0 aliphatic carbocycles. The number of carbonyl (C=O) groups excluding carboxylic acids is 1. The van der Waals surface area contributed by atoms with Gasteiger partial charge < -0.3 is 19.8 Å². The van der Waals surface area contributed by atoms with E-state index in [1.807, 2.05) is 21.1 Å². The molecule has 0 aromatic rings. The van der Waals surface area contributed by atoms with E-state index in [-0.39, 0.29) is 19.1 Å². The lowest BCUT2D eigenvalue weighted by molar-refractivity contribution is -0.870. The van der Waals surface area contributed by atoms with Gasteiger partial charge in [0.05, 0.1) is 39.9 Å². The molecule has 8 nitrogen and oxygen atoms in total. The summed E-state index contributed by atoms with van der Waals surface area (Å²) in [5.41, 5.74) is 0. The Bertz CT molecular complexity index is 1700. The lowest BCUT2D eigenvalue weighted by atomic mass is 10.0. The van der Waals surface area contributed by atoms with E-state index in [9.17, 15) is 19.4 Å². The predicted octanol–water partition coefficient (Wildman–Crippen LogP) is 21.9.